The molecule has 2 nitrogen and oxygen atoms in total. The van der Waals surface area contributed by atoms with Gasteiger partial charge in [0.15, 0.2) is 0 Å². The molecule has 2 rings (SSSR count). The van der Waals surface area contributed by atoms with Gasteiger partial charge in [-0.15, -0.1) is 0 Å². The van der Waals surface area contributed by atoms with Gasteiger partial charge in [0, 0.05) is 23.7 Å². The van der Waals surface area contributed by atoms with Crippen LogP contribution in [-0.2, 0) is 0 Å². The maximum Gasteiger partial charge on any atom is 0.125 e. The predicted octanol–water partition coefficient (Wildman–Crippen LogP) is 3.99. The van der Waals surface area contributed by atoms with Gasteiger partial charge in [0.05, 0.1) is 0 Å². The number of halogens is 2. The van der Waals surface area contributed by atoms with Crippen LogP contribution in [0.4, 0.5) is 4.39 Å². The fourth-order valence-corrected chi connectivity index (χ4v) is 3.67. The molecule has 1 aliphatic rings. The van der Waals surface area contributed by atoms with Gasteiger partial charge in [0.25, 0.3) is 0 Å². The van der Waals surface area contributed by atoms with Crippen molar-refractivity contribution in [2.24, 2.45) is 11.7 Å². The van der Waals surface area contributed by atoms with Crippen molar-refractivity contribution in [1.82, 2.24) is 4.90 Å². The summed E-state index contributed by atoms with van der Waals surface area (Å²) in [6.07, 6.45) is 5.03. The Balaban J connectivity index is 2.21. The lowest BCUT2D eigenvalue weighted by Gasteiger charge is -2.40. The number of nitrogens with zero attached hydrogens (tertiary/aromatic N) is 1. The van der Waals surface area contributed by atoms with Gasteiger partial charge in [-0.1, -0.05) is 31.4 Å². The van der Waals surface area contributed by atoms with Gasteiger partial charge in [0.2, 0.25) is 0 Å². The van der Waals surface area contributed by atoms with Crippen LogP contribution in [0.5, 0.6) is 0 Å². The minimum Gasteiger partial charge on any atom is -0.329 e. The summed E-state index contributed by atoms with van der Waals surface area (Å²) in [7, 11) is 2.10. The fourth-order valence-electron chi connectivity index (χ4n) is 3.44. The van der Waals surface area contributed by atoms with Crippen molar-refractivity contribution in [3.63, 3.8) is 0 Å². The van der Waals surface area contributed by atoms with E-state index in [0.717, 1.165) is 5.56 Å². The second kappa shape index (κ2) is 6.88. The maximum absolute atomic E-state index is 13.6. The molecule has 1 fully saturated rings. The molecule has 0 spiro atoms. The lowest BCUT2D eigenvalue weighted by Crippen LogP contribution is -2.43. The molecular weight excluding hydrogens is 275 g/mol. The molecule has 1 aliphatic carbocycles. The van der Waals surface area contributed by atoms with Crippen LogP contribution >= 0.6 is 11.6 Å². The quantitative estimate of drug-likeness (QED) is 0.911. The Kier molecular flexibility index (Phi) is 5.42. The fraction of sp³-hybridized carbons (Fsp3) is 0.625. The number of hydrogen-bond donors (Lipinski definition) is 1. The number of likely N-dealkylation sites (N-methyl/N-ethyl adjacent to an activating group) is 1. The highest BCUT2D eigenvalue weighted by atomic mass is 35.5. The third-order valence-electron chi connectivity index (χ3n) is 4.57. The van der Waals surface area contributed by atoms with E-state index in [9.17, 15) is 4.39 Å². The molecule has 1 saturated carbocycles. The normalized spacial score (nSPS) is 24.9. The molecular formula is C16H24ClFN2. The van der Waals surface area contributed by atoms with Crippen molar-refractivity contribution in [1.29, 1.82) is 0 Å². The monoisotopic (exact) mass is 298 g/mol. The molecule has 3 atom stereocenters. The smallest absolute Gasteiger partial charge is 0.125 e. The van der Waals surface area contributed by atoms with Crippen molar-refractivity contribution in [3.8, 4) is 0 Å². The van der Waals surface area contributed by atoms with Crippen LogP contribution in [0, 0.1) is 11.7 Å². The van der Waals surface area contributed by atoms with E-state index in [4.69, 9.17) is 17.3 Å². The lowest BCUT2D eigenvalue weighted by molar-refractivity contribution is 0.0991. The molecule has 0 aromatic heterocycles. The van der Waals surface area contributed by atoms with E-state index in [1.165, 1.54) is 31.7 Å². The SMILES string of the molecule is CC1CCCCC1N(C)C(CN)c1cc(F)cc(Cl)c1. The van der Waals surface area contributed by atoms with Crippen molar-refractivity contribution >= 4 is 11.6 Å². The third kappa shape index (κ3) is 3.51. The summed E-state index contributed by atoms with van der Waals surface area (Å²) in [6, 6.07) is 5.25. The molecule has 0 saturated heterocycles. The molecule has 1 aromatic carbocycles. The Morgan fingerprint density at radius 3 is 2.65 bits per heavy atom. The predicted molar refractivity (Wildman–Crippen MR) is 82.4 cm³/mol. The molecule has 0 radical (unpaired) electrons. The van der Waals surface area contributed by atoms with Crippen LogP contribution in [0.15, 0.2) is 18.2 Å². The van der Waals surface area contributed by atoms with Gasteiger partial charge in [-0.2, -0.15) is 0 Å². The highest BCUT2D eigenvalue weighted by Crippen LogP contribution is 2.33. The van der Waals surface area contributed by atoms with Crippen molar-refractivity contribution in [2.75, 3.05) is 13.6 Å². The van der Waals surface area contributed by atoms with Crippen LogP contribution in [0.1, 0.15) is 44.2 Å². The zero-order valence-electron chi connectivity index (χ0n) is 12.3. The minimum absolute atomic E-state index is 0.0220. The first-order chi connectivity index (χ1) is 9.52. The van der Waals surface area contributed by atoms with Crippen LogP contribution < -0.4 is 5.73 Å². The van der Waals surface area contributed by atoms with E-state index in [-0.39, 0.29) is 11.9 Å². The molecule has 0 aliphatic heterocycles. The second-order valence-corrected chi connectivity index (χ2v) is 6.39. The van der Waals surface area contributed by atoms with Gasteiger partial charge in [-0.05, 0) is 49.6 Å². The molecule has 20 heavy (non-hydrogen) atoms. The van der Waals surface area contributed by atoms with E-state index in [2.05, 4.69) is 18.9 Å². The Morgan fingerprint density at radius 2 is 2.05 bits per heavy atom. The highest BCUT2D eigenvalue weighted by Gasteiger charge is 2.29. The molecule has 4 heteroatoms. The number of hydrogen-bond acceptors (Lipinski definition) is 2. The summed E-state index contributed by atoms with van der Waals surface area (Å²) in [6.45, 7) is 2.77. The summed E-state index contributed by atoms with van der Waals surface area (Å²) in [5.74, 6) is 0.364. The lowest BCUT2D eigenvalue weighted by atomic mass is 9.84. The van der Waals surface area contributed by atoms with E-state index in [1.54, 1.807) is 6.07 Å². The van der Waals surface area contributed by atoms with Crippen molar-refractivity contribution in [2.45, 2.75) is 44.7 Å². The Hall–Kier alpha value is -0.640. The first-order valence-corrected chi connectivity index (χ1v) is 7.78. The molecule has 1 aromatic rings. The average Bonchev–Trinajstić information content (AvgIpc) is 2.38. The number of benzene rings is 1. The summed E-state index contributed by atoms with van der Waals surface area (Å²) in [5.41, 5.74) is 6.82. The number of rotatable bonds is 4. The summed E-state index contributed by atoms with van der Waals surface area (Å²) in [4.78, 5) is 2.31. The Bertz CT molecular complexity index is 432. The van der Waals surface area contributed by atoms with Gasteiger partial charge in [-0.25, -0.2) is 4.39 Å². The molecule has 0 amide bonds. The molecule has 3 unspecified atom stereocenters. The van der Waals surface area contributed by atoms with Crippen molar-refractivity contribution < 1.29 is 4.39 Å². The highest BCUT2D eigenvalue weighted by molar-refractivity contribution is 6.30. The van der Waals surface area contributed by atoms with E-state index < -0.39 is 0 Å². The second-order valence-electron chi connectivity index (χ2n) is 5.95. The van der Waals surface area contributed by atoms with Crippen LogP contribution in [0.25, 0.3) is 0 Å². The van der Waals surface area contributed by atoms with E-state index in [1.807, 2.05) is 6.07 Å². The Labute approximate surface area is 126 Å². The minimum atomic E-state index is -0.295. The maximum atomic E-state index is 13.6. The zero-order valence-corrected chi connectivity index (χ0v) is 13.0. The summed E-state index contributed by atoms with van der Waals surface area (Å²) < 4.78 is 13.6. The van der Waals surface area contributed by atoms with Gasteiger partial charge >= 0.3 is 0 Å². The summed E-state index contributed by atoms with van der Waals surface area (Å²) in [5, 5.41) is 0.434. The van der Waals surface area contributed by atoms with Gasteiger partial charge in [0.1, 0.15) is 5.82 Å². The van der Waals surface area contributed by atoms with Gasteiger partial charge in [-0.3, -0.25) is 4.90 Å². The van der Waals surface area contributed by atoms with E-state index in [0.29, 0.717) is 23.5 Å². The van der Waals surface area contributed by atoms with Crippen LogP contribution in [0.3, 0.4) is 0 Å². The number of nitrogens with two attached hydrogens (primary N) is 1. The molecule has 2 N–H and O–H groups in total. The van der Waals surface area contributed by atoms with Crippen molar-refractivity contribution in [3.05, 3.63) is 34.6 Å². The standard InChI is InChI=1S/C16H24ClFN2/c1-11-5-3-4-6-15(11)20(2)16(10-19)12-7-13(17)9-14(18)8-12/h7-9,11,15-16H,3-6,10,19H2,1-2H3. The van der Waals surface area contributed by atoms with Gasteiger partial charge < -0.3 is 5.73 Å². The van der Waals surface area contributed by atoms with Crippen LogP contribution in [-0.4, -0.2) is 24.5 Å². The Morgan fingerprint density at radius 1 is 1.35 bits per heavy atom. The topological polar surface area (TPSA) is 29.3 Å². The first-order valence-electron chi connectivity index (χ1n) is 7.41. The molecule has 0 heterocycles. The van der Waals surface area contributed by atoms with Crippen LogP contribution in [0.2, 0.25) is 5.02 Å². The first kappa shape index (κ1) is 15.7. The summed E-state index contributed by atoms with van der Waals surface area (Å²) >= 11 is 5.97. The molecule has 0 bridgehead atoms. The molecule has 112 valence electrons. The zero-order chi connectivity index (χ0) is 14.7. The third-order valence-corrected chi connectivity index (χ3v) is 4.79. The largest absolute Gasteiger partial charge is 0.329 e. The van der Waals surface area contributed by atoms with E-state index >= 15 is 0 Å². The average molecular weight is 299 g/mol.